The average Bonchev–Trinajstić information content (AvgIpc) is 3.24. The molecule has 0 bridgehead atoms. The molecule has 14 heteroatoms. The van der Waals surface area contributed by atoms with Gasteiger partial charge in [0.25, 0.3) is 0 Å². The van der Waals surface area contributed by atoms with Gasteiger partial charge in [-0.3, -0.25) is 0 Å². The second-order valence-electron chi connectivity index (χ2n) is 9.00. The molecule has 1 aromatic heterocycles. The summed E-state index contributed by atoms with van der Waals surface area (Å²) in [4.78, 5) is 25.9. The number of aromatic nitrogens is 2. The molecule has 37 heavy (non-hydrogen) atoms. The first-order valence-corrected chi connectivity index (χ1v) is 17.2. The number of carbonyl (C=O) groups is 2. The first-order valence-electron chi connectivity index (χ1n) is 11.7. The van der Waals surface area contributed by atoms with Gasteiger partial charge in [-0.1, -0.05) is 0 Å². The summed E-state index contributed by atoms with van der Waals surface area (Å²) in [5, 5.41) is 6.90. The van der Waals surface area contributed by atoms with Crippen molar-refractivity contribution in [3.63, 3.8) is 0 Å². The van der Waals surface area contributed by atoms with Gasteiger partial charge in [-0.05, 0) is 0 Å². The summed E-state index contributed by atoms with van der Waals surface area (Å²) in [5.74, 6) is -0.541. The fourth-order valence-electron chi connectivity index (χ4n) is 4.44. The average molecular weight is 613 g/mol. The van der Waals surface area contributed by atoms with Gasteiger partial charge in [0.05, 0.1) is 0 Å². The van der Waals surface area contributed by atoms with E-state index in [0.717, 1.165) is 46.6 Å². The Morgan fingerprint density at radius 2 is 1.95 bits per heavy atom. The third kappa shape index (κ3) is 6.51. The molecule has 0 spiro atoms. The number of nitrogens with one attached hydrogen (secondary N) is 1. The molecule has 2 aliphatic rings. The number of hydrogen-bond acceptors (Lipinski definition) is 8. The van der Waals surface area contributed by atoms with Crippen LogP contribution in [0, 0.1) is 6.92 Å². The summed E-state index contributed by atoms with van der Waals surface area (Å²) in [6.45, 7) is 2.10. The predicted octanol–water partition coefficient (Wildman–Crippen LogP) is 0.559. The number of nitrogens with zero attached hydrogens (tertiary/aromatic N) is 3. The van der Waals surface area contributed by atoms with E-state index in [4.69, 9.17) is 4.18 Å². The van der Waals surface area contributed by atoms with Crippen molar-refractivity contribution in [2.75, 3.05) is 12.9 Å². The van der Waals surface area contributed by atoms with Crippen molar-refractivity contribution in [2.45, 2.75) is 54.8 Å². The molecular formula is C23H29AsN4O7S2. The molecule has 200 valence electrons. The SMILES string of the molecule is Cc1ccc(S(=O)(=O)N2C=CNC(=O)[C@H]2CC(=O)[AsH][C@H]2CCCc3c2cnn3CCOS(C)(=O)=O)cc1. The Kier molecular flexibility index (Phi) is 8.27. The Morgan fingerprint density at radius 3 is 2.65 bits per heavy atom. The molecule has 0 radical (unpaired) electrons. The molecule has 1 aromatic carbocycles. The summed E-state index contributed by atoms with van der Waals surface area (Å²) in [6.07, 6.45) is 7.50. The monoisotopic (exact) mass is 612 g/mol. The number of hydrogen-bond donors (Lipinski definition) is 1. The Morgan fingerprint density at radius 1 is 1.22 bits per heavy atom. The molecule has 1 unspecified atom stereocenters. The van der Waals surface area contributed by atoms with E-state index in [9.17, 15) is 26.4 Å². The fourth-order valence-corrected chi connectivity index (χ4v) is 9.29. The van der Waals surface area contributed by atoms with Gasteiger partial charge in [0.1, 0.15) is 0 Å². The zero-order valence-electron chi connectivity index (χ0n) is 20.5. The zero-order chi connectivity index (χ0) is 26.8. The normalized spacial score (nSPS) is 20.3. The van der Waals surface area contributed by atoms with Crippen molar-refractivity contribution in [1.29, 1.82) is 0 Å². The second kappa shape index (κ2) is 11.1. The Hall–Kier alpha value is -2.47. The molecule has 3 atom stereocenters. The predicted molar refractivity (Wildman–Crippen MR) is 137 cm³/mol. The quantitative estimate of drug-likeness (QED) is 0.303. The number of rotatable bonds is 10. The van der Waals surface area contributed by atoms with Gasteiger partial charge in [0.2, 0.25) is 0 Å². The molecule has 4 rings (SSSR count). The molecule has 2 heterocycles. The molecular weight excluding hydrogens is 583 g/mol. The second-order valence-corrected chi connectivity index (χ2v) is 15.7. The third-order valence-electron chi connectivity index (χ3n) is 6.23. The summed E-state index contributed by atoms with van der Waals surface area (Å²) in [7, 11) is -7.57. The molecule has 2 aromatic rings. The van der Waals surface area contributed by atoms with Crippen LogP contribution in [0.25, 0.3) is 0 Å². The van der Waals surface area contributed by atoms with Gasteiger partial charge < -0.3 is 0 Å². The summed E-state index contributed by atoms with van der Waals surface area (Å²) >= 11 is -1.24. The number of sulfonamides is 1. The maximum atomic E-state index is 13.3. The fraction of sp³-hybridized carbons (Fsp3) is 0.435. The molecule has 1 amide bonds. The van der Waals surface area contributed by atoms with Crippen molar-refractivity contribution in [2.24, 2.45) is 0 Å². The Labute approximate surface area is 223 Å². The van der Waals surface area contributed by atoms with Gasteiger partial charge in [0.15, 0.2) is 0 Å². The van der Waals surface area contributed by atoms with E-state index in [-0.39, 0.29) is 33.7 Å². The molecule has 1 N–H and O–H groups in total. The standard InChI is InChI=1S/C23H29AsN4O7S2/c1-16-6-8-17(9-7-16)37(33,34)28-11-10-25-23(30)21(28)14-22(29)24-19-4-3-5-20-18(19)15-26-27(20)12-13-35-36(2,31)32/h6-11,15,19,21,24H,3-5,12-14H2,1-2H3,(H,25,30)/t19-,21+/m0/s1. The van der Waals surface area contributed by atoms with Crippen LogP contribution < -0.4 is 5.32 Å². The van der Waals surface area contributed by atoms with Crippen LogP contribution in [0.5, 0.6) is 0 Å². The van der Waals surface area contributed by atoms with Crippen LogP contribution in [0.15, 0.2) is 47.8 Å². The van der Waals surface area contributed by atoms with Gasteiger partial charge in [0, 0.05) is 0 Å². The zero-order valence-corrected chi connectivity index (χ0v) is 24.2. The van der Waals surface area contributed by atoms with Crippen LogP contribution in [0.4, 0.5) is 0 Å². The number of carbonyl (C=O) groups excluding carboxylic acids is 2. The van der Waals surface area contributed by atoms with Crippen molar-refractivity contribution < 1.29 is 30.6 Å². The van der Waals surface area contributed by atoms with E-state index in [1.165, 1.54) is 24.5 Å². The number of benzene rings is 1. The number of aryl methyl sites for hydroxylation is 1. The molecule has 0 saturated carbocycles. The minimum atomic E-state index is -4.02. The first-order chi connectivity index (χ1) is 17.5. The van der Waals surface area contributed by atoms with Crippen LogP contribution in [0.3, 0.4) is 0 Å². The van der Waals surface area contributed by atoms with E-state index in [2.05, 4.69) is 10.4 Å². The van der Waals surface area contributed by atoms with Gasteiger partial charge in [-0.25, -0.2) is 0 Å². The Balaban J connectivity index is 1.46. The van der Waals surface area contributed by atoms with Crippen LogP contribution >= 0.6 is 0 Å². The van der Waals surface area contributed by atoms with Crippen molar-refractivity contribution in [3.8, 4) is 0 Å². The van der Waals surface area contributed by atoms with Crippen molar-refractivity contribution in [3.05, 3.63) is 59.7 Å². The van der Waals surface area contributed by atoms with E-state index in [1.807, 2.05) is 6.92 Å². The Bertz CT molecular complexity index is 1420. The van der Waals surface area contributed by atoms with E-state index < -0.39 is 47.8 Å². The summed E-state index contributed by atoms with van der Waals surface area (Å²) in [6, 6.07) is 5.17. The summed E-state index contributed by atoms with van der Waals surface area (Å²) in [5.41, 5.74) is 2.84. The van der Waals surface area contributed by atoms with Crippen LogP contribution in [-0.4, -0.2) is 76.1 Å². The van der Waals surface area contributed by atoms with Crippen molar-refractivity contribution >= 4 is 46.4 Å². The topological polar surface area (TPSA) is 145 Å². The van der Waals surface area contributed by atoms with Gasteiger partial charge in [-0.2, -0.15) is 0 Å². The maximum absolute atomic E-state index is 13.3. The van der Waals surface area contributed by atoms with E-state index >= 15 is 0 Å². The van der Waals surface area contributed by atoms with Crippen molar-refractivity contribution in [1.82, 2.24) is 19.4 Å². The molecule has 1 aliphatic heterocycles. The minimum absolute atomic E-state index is 0.00479. The first kappa shape index (κ1) is 27.6. The van der Waals surface area contributed by atoms with Gasteiger partial charge in [-0.15, -0.1) is 0 Å². The molecule has 11 nitrogen and oxygen atoms in total. The number of amides is 1. The molecule has 1 aliphatic carbocycles. The van der Waals surface area contributed by atoms with E-state index in [1.54, 1.807) is 23.0 Å². The third-order valence-corrected chi connectivity index (χ3v) is 11.7. The van der Waals surface area contributed by atoms with Crippen LogP contribution in [0.2, 0.25) is 0 Å². The summed E-state index contributed by atoms with van der Waals surface area (Å²) < 4.78 is 56.4. The molecule has 0 fully saturated rings. The molecule has 0 saturated heterocycles. The van der Waals surface area contributed by atoms with E-state index in [0.29, 0.717) is 0 Å². The van der Waals surface area contributed by atoms with Crippen LogP contribution in [0.1, 0.15) is 40.8 Å². The number of fused-ring (bicyclic) bond motifs is 1. The van der Waals surface area contributed by atoms with Crippen LogP contribution in [-0.2, 0) is 46.9 Å². The van der Waals surface area contributed by atoms with Gasteiger partial charge >= 0.3 is 224 Å².